The highest BCUT2D eigenvalue weighted by Crippen LogP contribution is 2.10. The van der Waals surface area contributed by atoms with Gasteiger partial charge in [0.25, 0.3) is 0 Å². The molecule has 1 aromatic rings. The Hall–Kier alpha value is -0.970. The molecular formula is C12H19N3O. The van der Waals surface area contributed by atoms with Crippen LogP contribution in [0.5, 0.6) is 0 Å². The number of β-amino-alcohol motifs (C(OH)–C–C–N with tert-alkyl or cyclic N) is 1. The minimum Gasteiger partial charge on any atom is -0.390 e. The van der Waals surface area contributed by atoms with Gasteiger partial charge in [-0.15, -0.1) is 0 Å². The van der Waals surface area contributed by atoms with Crippen LogP contribution in [-0.4, -0.2) is 47.3 Å². The molecule has 0 aliphatic carbocycles. The first-order chi connectivity index (χ1) is 7.66. The predicted octanol–water partition coefficient (Wildman–Crippen LogP) is 0.155. The second-order valence-electron chi connectivity index (χ2n) is 4.48. The van der Waals surface area contributed by atoms with Crippen molar-refractivity contribution in [2.75, 3.05) is 20.1 Å². The highest BCUT2D eigenvalue weighted by Gasteiger charge is 2.28. The molecule has 0 saturated carbocycles. The lowest BCUT2D eigenvalue weighted by Crippen LogP contribution is -2.40. The van der Waals surface area contributed by atoms with Crippen LogP contribution in [0.4, 0.5) is 0 Å². The van der Waals surface area contributed by atoms with E-state index in [1.807, 2.05) is 32.2 Å². The fraction of sp³-hybridized carbons (Fsp3) is 0.583. The van der Waals surface area contributed by atoms with Gasteiger partial charge in [-0.25, -0.2) is 0 Å². The molecule has 1 aromatic heterocycles. The molecule has 0 bridgehead atoms. The second-order valence-corrected chi connectivity index (χ2v) is 4.48. The molecule has 1 aliphatic rings. The van der Waals surface area contributed by atoms with E-state index in [-0.39, 0.29) is 12.1 Å². The van der Waals surface area contributed by atoms with Gasteiger partial charge in [-0.3, -0.25) is 9.88 Å². The molecule has 1 fully saturated rings. The van der Waals surface area contributed by atoms with Gasteiger partial charge in [0.15, 0.2) is 0 Å². The lowest BCUT2D eigenvalue weighted by Gasteiger charge is -2.25. The van der Waals surface area contributed by atoms with Crippen molar-refractivity contribution in [2.45, 2.75) is 25.6 Å². The molecule has 0 amide bonds. The summed E-state index contributed by atoms with van der Waals surface area (Å²) in [6, 6.07) is 6.24. The third-order valence-corrected chi connectivity index (χ3v) is 3.07. The maximum absolute atomic E-state index is 9.77. The second kappa shape index (κ2) is 4.91. The minimum absolute atomic E-state index is 0.197. The zero-order chi connectivity index (χ0) is 11.5. The van der Waals surface area contributed by atoms with E-state index in [1.165, 1.54) is 0 Å². The Morgan fingerprint density at radius 3 is 2.94 bits per heavy atom. The van der Waals surface area contributed by atoms with Crippen LogP contribution in [0.15, 0.2) is 18.2 Å². The number of aromatic nitrogens is 1. The number of rotatable bonds is 3. The molecule has 4 heteroatoms. The first kappa shape index (κ1) is 11.5. The van der Waals surface area contributed by atoms with Crippen LogP contribution in [0.25, 0.3) is 0 Å². The van der Waals surface area contributed by atoms with Gasteiger partial charge in [-0.05, 0) is 26.1 Å². The Balaban J connectivity index is 1.99. The third-order valence-electron chi connectivity index (χ3n) is 3.07. The lowest BCUT2D eigenvalue weighted by atomic mass is 10.2. The fourth-order valence-electron chi connectivity index (χ4n) is 2.16. The highest BCUT2D eigenvalue weighted by molar-refractivity contribution is 5.10. The molecule has 88 valence electrons. The summed E-state index contributed by atoms with van der Waals surface area (Å²) in [4.78, 5) is 6.63. The van der Waals surface area contributed by atoms with Gasteiger partial charge in [0.2, 0.25) is 0 Å². The van der Waals surface area contributed by atoms with E-state index >= 15 is 0 Å². The number of hydrogen-bond donors (Lipinski definition) is 2. The topological polar surface area (TPSA) is 48.4 Å². The van der Waals surface area contributed by atoms with Gasteiger partial charge >= 0.3 is 0 Å². The number of hydrogen-bond acceptors (Lipinski definition) is 4. The molecule has 16 heavy (non-hydrogen) atoms. The molecule has 1 saturated heterocycles. The monoisotopic (exact) mass is 221 g/mol. The van der Waals surface area contributed by atoms with Crippen molar-refractivity contribution in [3.8, 4) is 0 Å². The van der Waals surface area contributed by atoms with E-state index in [9.17, 15) is 5.11 Å². The van der Waals surface area contributed by atoms with Gasteiger partial charge < -0.3 is 10.4 Å². The van der Waals surface area contributed by atoms with Crippen LogP contribution in [0.3, 0.4) is 0 Å². The van der Waals surface area contributed by atoms with Crippen molar-refractivity contribution in [3.63, 3.8) is 0 Å². The molecule has 4 nitrogen and oxygen atoms in total. The van der Waals surface area contributed by atoms with Crippen LogP contribution < -0.4 is 5.32 Å². The van der Waals surface area contributed by atoms with E-state index in [1.54, 1.807) is 0 Å². The Labute approximate surface area is 96.3 Å². The van der Waals surface area contributed by atoms with Gasteiger partial charge in [0.1, 0.15) is 0 Å². The smallest absolute Gasteiger partial charge is 0.0831 e. The maximum Gasteiger partial charge on any atom is 0.0831 e. The molecule has 2 unspecified atom stereocenters. The van der Waals surface area contributed by atoms with Crippen molar-refractivity contribution >= 4 is 0 Å². The van der Waals surface area contributed by atoms with Crippen LogP contribution in [0.1, 0.15) is 11.4 Å². The van der Waals surface area contributed by atoms with Gasteiger partial charge in [-0.1, -0.05) is 6.07 Å². The summed E-state index contributed by atoms with van der Waals surface area (Å²) in [5, 5.41) is 13.0. The van der Waals surface area contributed by atoms with Crippen molar-refractivity contribution in [2.24, 2.45) is 0 Å². The average Bonchev–Trinajstić information content (AvgIpc) is 2.64. The quantitative estimate of drug-likeness (QED) is 0.763. The van der Waals surface area contributed by atoms with E-state index in [4.69, 9.17) is 0 Å². The zero-order valence-electron chi connectivity index (χ0n) is 9.85. The molecule has 2 heterocycles. The predicted molar refractivity (Wildman–Crippen MR) is 63.1 cm³/mol. The Morgan fingerprint density at radius 1 is 1.50 bits per heavy atom. The first-order valence-corrected chi connectivity index (χ1v) is 5.68. The summed E-state index contributed by atoms with van der Waals surface area (Å²) in [7, 11) is 2.03. The van der Waals surface area contributed by atoms with Gasteiger partial charge in [0, 0.05) is 31.4 Å². The maximum atomic E-state index is 9.77. The number of nitrogens with zero attached hydrogens (tertiary/aromatic N) is 2. The fourth-order valence-corrected chi connectivity index (χ4v) is 2.16. The number of nitrogens with one attached hydrogen (secondary N) is 1. The van der Waals surface area contributed by atoms with Crippen molar-refractivity contribution in [1.29, 1.82) is 0 Å². The molecule has 2 atom stereocenters. The Bertz CT molecular complexity index is 356. The van der Waals surface area contributed by atoms with Crippen LogP contribution >= 0.6 is 0 Å². The van der Waals surface area contributed by atoms with E-state index in [0.717, 1.165) is 24.5 Å². The Kier molecular flexibility index (Phi) is 3.53. The van der Waals surface area contributed by atoms with Crippen LogP contribution in [0.2, 0.25) is 0 Å². The summed E-state index contributed by atoms with van der Waals surface area (Å²) in [5.74, 6) is 0. The summed E-state index contributed by atoms with van der Waals surface area (Å²) >= 11 is 0. The van der Waals surface area contributed by atoms with Crippen LogP contribution in [0, 0.1) is 6.92 Å². The number of likely N-dealkylation sites (N-methyl/N-ethyl adjacent to an activating group) is 1. The molecular weight excluding hydrogens is 202 g/mol. The summed E-state index contributed by atoms with van der Waals surface area (Å²) in [5.41, 5.74) is 2.09. The van der Waals surface area contributed by atoms with Gasteiger partial charge in [0.05, 0.1) is 11.8 Å². The van der Waals surface area contributed by atoms with Crippen molar-refractivity contribution < 1.29 is 5.11 Å². The first-order valence-electron chi connectivity index (χ1n) is 5.68. The SMILES string of the molecule is Cc1cccc(CN(C)C2CNCC2O)n1. The molecule has 0 aromatic carbocycles. The largest absolute Gasteiger partial charge is 0.390 e. The van der Waals surface area contributed by atoms with Crippen molar-refractivity contribution in [1.82, 2.24) is 15.2 Å². The average molecular weight is 221 g/mol. The van der Waals surface area contributed by atoms with E-state index in [2.05, 4.69) is 15.2 Å². The van der Waals surface area contributed by atoms with Crippen molar-refractivity contribution in [3.05, 3.63) is 29.6 Å². The number of aliphatic hydroxyl groups is 1. The van der Waals surface area contributed by atoms with E-state index in [0.29, 0.717) is 6.54 Å². The lowest BCUT2D eigenvalue weighted by molar-refractivity contribution is 0.0948. The molecule has 1 aliphatic heterocycles. The standard InChI is InChI=1S/C12H19N3O/c1-9-4-3-5-10(14-9)8-15(2)11-6-13-7-12(11)16/h3-5,11-13,16H,6-8H2,1-2H3. The summed E-state index contributed by atoms with van der Waals surface area (Å²) in [6.45, 7) is 4.32. The number of pyridine rings is 1. The minimum atomic E-state index is -0.269. The van der Waals surface area contributed by atoms with Crippen LogP contribution in [-0.2, 0) is 6.54 Å². The zero-order valence-corrected chi connectivity index (χ0v) is 9.85. The molecule has 0 spiro atoms. The summed E-state index contributed by atoms with van der Waals surface area (Å²) < 4.78 is 0. The number of aliphatic hydroxyl groups excluding tert-OH is 1. The number of aryl methyl sites for hydroxylation is 1. The van der Waals surface area contributed by atoms with E-state index < -0.39 is 0 Å². The van der Waals surface area contributed by atoms with Gasteiger partial charge in [-0.2, -0.15) is 0 Å². The molecule has 0 radical (unpaired) electrons. The summed E-state index contributed by atoms with van der Waals surface area (Å²) in [6.07, 6.45) is -0.269. The highest BCUT2D eigenvalue weighted by atomic mass is 16.3. The third kappa shape index (κ3) is 2.58. The molecule has 2 N–H and O–H groups in total. The normalized spacial score (nSPS) is 25.2. The molecule has 2 rings (SSSR count). The Morgan fingerprint density at radius 2 is 2.31 bits per heavy atom.